The summed E-state index contributed by atoms with van der Waals surface area (Å²) in [6, 6.07) is 3.53. The quantitative estimate of drug-likeness (QED) is 0.836. The van der Waals surface area contributed by atoms with E-state index in [1.54, 1.807) is 18.3 Å². The van der Waals surface area contributed by atoms with Crippen molar-refractivity contribution in [3.63, 3.8) is 0 Å². The maximum absolute atomic E-state index is 11.8. The molecule has 0 saturated carbocycles. The van der Waals surface area contributed by atoms with E-state index in [9.17, 15) is 4.79 Å². The molecule has 1 saturated heterocycles. The van der Waals surface area contributed by atoms with Gasteiger partial charge in [0.15, 0.2) is 0 Å². The van der Waals surface area contributed by atoms with Gasteiger partial charge in [0.05, 0.1) is 7.11 Å². The summed E-state index contributed by atoms with van der Waals surface area (Å²) in [6.45, 7) is 4.00. The van der Waals surface area contributed by atoms with Crippen molar-refractivity contribution < 1.29 is 9.53 Å². The summed E-state index contributed by atoms with van der Waals surface area (Å²) in [6.07, 6.45) is 3.77. The van der Waals surface area contributed by atoms with Crippen molar-refractivity contribution in [2.75, 3.05) is 32.1 Å². The molecule has 1 fully saturated rings. The first-order chi connectivity index (χ1) is 9.09. The van der Waals surface area contributed by atoms with Gasteiger partial charge in [-0.25, -0.2) is 9.78 Å². The molecule has 0 bridgehead atoms. The van der Waals surface area contributed by atoms with Crippen LogP contribution >= 0.6 is 0 Å². The summed E-state index contributed by atoms with van der Waals surface area (Å²) in [5.41, 5.74) is 0.717. The number of hydrogen-bond acceptors (Lipinski definition) is 5. The van der Waals surface area contributed by atoms with Gasteiger partial charge < -0.3 is 15.0 Å². The first-order valence-electron chi connectivity index (χ1n) is 6.57. The number of esters is 1. The summed E-state index contributed by atoms with van der Waals surface area (Å²) in [7, 11) is 3.39. The molecule has 1 aliphatic heterocycles. The number of hydrogen-bond donors (Lipinski definition) is 1. The van der Waals surface area contributed by atoms with E-state index in [0.717, 1.165) is 31.7 Å². The van der Waals surface area contributed by atoms with E-state index in [1.165, 1.54) is 7.11 Å². The van der Waals surface area contributed by atoms with E-state index < -0.39 is 0 Å². The summed E-state index contributed by atoms with van der Waals surface area (Å²) < 4.78 is 4.81. The van der Waals surface area contributed by atoms with Crippen LogP contribution in [-0.4, -0.2) is 43.7 Å². The van der Waals surface area contributed by atoms with E-state index in [-0.39, 0.29) is 11.5 Å². The standard InChI is InChI=1S/C14H21N3O2/c1-14(15-2)6-9-17(10-7-14)12-11(13(18)19-3)5-4-8-16-12/h4-5,8,15H,6-7,9-10H2,1-3H3. The minimum atomic E-state index is -0.329. The molecule has 0 aromatic carbocycles. The van der Waals surface area contributed by atoms with Crippen LogP contribution in [0.2, 0.25) is 0 Å². The Hall–Kier alpha value is -1.62. The van der Waals surface area contributed by atoms with Crippen LogP contribution in [0.4, 0.5) is 5.82 Å². The predicted molar refractivity (Wildman–Crippen MR) is 74.5 cm³/mol. The number of carbonyl (C=O) groups is 1. The smallest absolute Gasteiger partial charge is 0.341 e. The van der Waals surface area contributed by atoms with Gasteiger partial charge in [0.25, 0.3) is 0 Å². The number of nitrogens with zero attached hydrogens (tertiary/aromatic N) is 2. The van der Waals surface area contributed by atoms with Crippen molar-refractivity contribution in [1.82, 2.24) is 10.3 Å². The van der Waals surface area contributed by atoms with Crippen molar-refractivity contribution in [3.8, 4) is 0 Å². The number of pyridine rings is 1. The third-order valence-electron chi connectivity index (χ3n) is 3.96. The van der Waals surface area contributed by atoms with Gasteiger partial charge in [-0.2, -0.15) is 0 Å². The SMILES string of the molecule is CNC1(C)CCN(c2ncccc2C(=O)OC)CC1. The van der Waals surface area contributed by atoms with Crippen molar-refractivity contribution in [3.05, 3.63) is 23.9 Å². The molecule has 0 aliphatic carbocycles. The van der Waals surface area contributed by atoms with E-state index >= 15 is 0 Å². The Kier molecular flexibility index (Phi) is 4.04. The monoisotopic (exact) mass is 263 g/mol. The topological polar surface area (TPSA) is 54.5 Å². The summed E-state index contributed by atoms with van der Waals surface area (Å²) >= 11 is 0. The molecule has 1 N–H and O–H groups in total. The lowest BCUT2D eigenvalue weighted by atomic mass is 9.90. The lowest BCUT2D eigenvalue weighted by Crippen LogP contribution is -2.50. The van der Waals surface area contributed by atoms with Gasteiger partial charge in [0.2, 0.25) is 0 Å². The average Bonchev–Trinajstić information content (AvgIpc) is 2.47. The minimum Gasteiger partial charge on any atom is -0.465 e. The number of rotatable bonds is 3. The molecule has 0 amide bonds. The van der Waals surface area contributed by atoms with E-state index in [1.807, 2.05) is 7.05 Å². The fraction of sp³-hybridized carbons (Fsp3) is 0.571. The van der Waals surface area contributed by atoms with Gasteiger partial charge in [0, 0.05) is 24.8 Å². The second kappa shape index (κ2) is 5.57. The zero-order valence-electron chi connectivity index (χ0n) is 11.8. The third-order valence-corrected chi connectivity index (χ3v) is 3.96. The number of aromatic nitrogens is 1. The molecule has 0 unspecified atom stereocenters. The van der Waals surface area contributed by atoms with Gasteiger partial charge in [-0.05, 0) is 38.9 Å². The fourth-order valence-corrected chi connectivity index (χ4v) is 2.38. The number of ether oxygens (including phenoxy) is 1. The van der Waals surface area contributed by atoms with Crippen LogP contribution in [0, 0.1) is 0 Å². The molecule has 1 aromatic rings. The predicted octanol–water partition coefficient (Wildman–Crippen LogP) is 1.45. The highest BCUT2D eigenvalue weighted by Crippen LogP contribution is 2.26. The number of anilines is 1. The van der Waals surface area contributed by atoms with Crippen molar-refractivity contribution >= 4 is 11.8 Å². The summed E-state index contributed by atoms with van der Waals surface area (Å²) in [5.74, 6) is 0.401. The Labute approximate surface area is 114 Å². The van der Waals surface area contributed by atoms with Crippen LogP contribution < -0.4 is 10.2 Å². The van der Waals surface area contributed by atoms with Gasteiger partial charge in [-0.1, -0.05) is 0 Å². The highest BCUT2D eigenvalue weighted by molar-refractivity contribution is 5.94. The minimum absolute atomic E-state index is 0.177. The number of piperidine rings is 1. The molecule has 0 spiro atoms. The lowest BCUT2D eigenvalue weighted by molar-refractivity contribution is 0.0601. The Morgan fingerprint density at radius 3 is 2.74 bits per heavy atom. The molecule has 2 rings (SSSR count). The number of methoxy groups -OCH3 is 1. The molecule has 19 heavy (non-hydrogen) atoms. The van der Waals surface area contributed by atoms with Gasteiger partial charge in [0.1, 0.15) is 11.4 Å². The normalized spacial score (nSPS) is 18.2. The van der Waals surface area contributed by atoms with Gasteiger partial charge in [-0.3, -0.25) is 0 Å². The Balaban J connectivity index is 2.18. The van der Waals surface area contributed by atoms with E-state index in [2.05, 4.69) is 22.1 Å². The van der Waals surface area contributed by atoms with Crippen molar-refractivity contribution in [2.45, 2.75) is 25.3 Å². The molecular weight excluding hydrogens is 242 g/mol. The molecule has 0 atom stereocenters. The largest absolute Gasteiger partial charge is 0.465 e. The Morgan fingerprint density at radius 1 is 1.47 bits per heavy atom. The van der Waals surface area contributed by atoms with Crippen LogP contribution in [0.3, 0.4) is 0 Å². The number of carbonyl (C=O) groups excluding carboxylic acids is 1. The summed E-state index contributed by atoms with van der Waals surface area (Å²) in [4.78, 5) is 18.3. The maximum atomic E-state index is 11.8. The Morgan fingerprint density at radius 2 is 2.16 bits per heavy atom. The fourth-order valence-electron chi connectivity index (χ4n) is 2.38. The molecule has 0 radical (unpaired) electrons. The average molecular weight is 263 g/mol. The molecule has 5 heteroatoms. The maximum Gasteiger partial charge on any atom is 0.341 e. The molecule has 104 valence electrons. The van der Waals surface area contributed by atoms with Crippen LogP contribution in [0.1, 0.15) is 30.1 Å². The summed E-state index contributed by atoms with van der Waals surface area (Å²) in [5, 5.41) is 3.36. The lowest BCUT2D eigenvalue weighted by Gasteiger charge is -2.40. The zero-order chi connectivity index (χ0) is 13.9. The van der Waals surface area contributed by atoms with Crippen molar-refractivity contribution in [2.24, 2.45) is 0 Å². The van der Waals surface area contributed by atoms with Crippen LogP contribution in [-0.2, 0) is 4.74 Å². The molecule has 2 heterocycles. The van der Waals surface area contributed by atoms with Crippen molar-refractivity contribution in [1.29, 1.82) is 0 Å². The van der Waals surface area contributed by atoms with Gasteiger partial charge >= 0.3 is 5.97 Å². The van der Waals surface area contributed by atoms with Crippen LogP contribution in [0.15, 0.2) is 18.3 Å². The number of nitrogens with one attached hydrogen (secondary N) is 1. The van der Waals surface area contributed by atoms with E-state index in [0.29, 0.717) is 5.56 Å². The zero-order valence-corrected chi connectivity index (χ0v) is 11.8. The van der Waals surface area contributed by atoms with E-state index in [4.69, 9.17) is 4.74 Å². The second-order valence-electron chi connectivity index (χ2n) is 5.16. The second-order valence-corrected chi connectivity index (χ2v) is 5.16. The molecule has 5 nitrogen and oxygen atoms in total. The Bertz CT molecular complexity index is 454. The van der Waals surface area contributed by atoms with Crippen LogP contribution in [0.25, 0.3) is 0 Å². The van der Waals surface area contributed by atoms with Crippen LogP contribution in [0.5, 0.6) is 0 Å². The first kappa shape index (κ1) is 13.8. The molecule has 1 aromatic heterocycles. The molecular formula is C14H21N3O2. The third kappa shape index (κ3) is 2.87. The highest BCUT2D eigenvalue weighted by Gasteiger charge is 2.30. The first-order valence-corrected chi connectivity index (χ1v) is 6.57. The highest BCUT2D eigenvalue weighted by atomic mass is 16.5. The van der Waals surface area contributed by atoms with Gasteiger partial charge in [-0.15, -0.1) is 0 Å². The molecule has 1 aliphatic rings.